The number of thioether (sulfide) groups is 1. The molecule has 1 N–H and O–H groups in total. The molecule has 82 valence electrons. The fourth-order valence-corrected chi connectivity index (χ4v) is 3.11. The largest absolute Gasteiger partial charge is 0.316 e. The van der Waals surface area contributed by atoms with Crippen molar-refractivity contribution in [3.63, 3.8) is 0 Å². The van der Waals surface area contributed by atoms with E-state index in [1.165, 1.54) is 30.0 Å². The first kappa shape index (κ1) is 11.0. The van der Waals surface area contributed by atoms with Crippen molar-refractivity contribution in [3.8, 4) is 0 Å². The molecule has 1 atom stereocenters. The van der Waals surface area contributed by atoms with Crippen molar-refractivity contribution in [1.82, 2.24) is 10.3 Å². The van der Waals surface area contributed by atoms with Crippen LogP contribution < -0.4 is 5.32 Å². The Morgan fingerprint density at radius 3 is 3.27 bits per heavy atom. The highest BCUT2D eigenvalue weighted by atomic mass is 32.2. The Labute approximate surface area is 95.9 Å². The van der Waals surface area contributed by atoms with Crippen LogP contribution in [-0.2, 0) is 6.42 Å². The summed E-state index contributed by atoms with van der Waals surface area (Å²) in [5.41, 5.74) is 1.32. The molecule has 0 amide bonds. The summed E-state index contributed by atoms with van der Waals surface area (Å²) in [6, 6.07) is 4.14. The van der Waals surface area contributed by atoms with Crippen LogP contribution in [0.4, 0.5) is 0 Å². The van der Waals surface area contributed by atoms with Crippen LogP contribution in [0, 0.1) is 5.92 Å². The first-order valence-corrected chi connectivity index (χ1v) is 6.78. The van der Waals surface area contributed by atoms with Gasteiger partial charge in [-0.1, -0.05) is 6.07 Å². The number of hydrogen-bond acceptors (Lipinski definition) is 3. The minimum atomic E-state index is 0.906. The van der Waals surface area contributed by atoms with Crippen molar-refractivity contribution < 1.29 is 0 Å². The van der Waals surface area contributed by atoms with Crippen LogP contribution in [0.2, 0.25) is 0 Å². The third kappa shape index (κ3) is 3.84. The number of hydrogen-bond donors (Lipinski definition) is 1. The fourth-order valence-electron chi connectivity index (χ4n) is 1.83. The van der Waals surface area contributed by atoms with Crippen LogP contribution in [0.3, 0.4) is 0 Å². The summed E-state index contributed by atoms with van der Waals surface area (Å²) < 4.78 is 0. The van der Waals surface area contributed by atoms with Crippen molar-refractivity contribution in [3.05, 3.63) is 30.1 Å². The average Bonchev–Trinajstić information content (AvgIpc) is 2.79. The van der Waals surface area contributed by atoms with Gasteiger partial charge in [-0.05, 0) is 55.0 Å². The highest BCUT2D eigenvalue weighted by molar-refractivity contribution is 7.99. The molecule has 15 heavy (non-hydrogen) atoms. The fraction of sp³-hybridized carbons (Fsp3) is 0.583. The Balaban J connectivity index is 1.59. The molecular formula is C12H18N2S. The van der Waals surface area contributed by atoms with Gasteiger partial charge in [-0.25, -0.2) is 0 Å². The lowest BCUT2D eigenvalue weighted by Crippen LogP contribution is -2.24. The van der Waals surface area contributed by atoms with E-state index in [4.69, 9.17) is 0 Å². The van der Waals surface area contributed by atoms with Gasteiger partial charge in [0.15, 0.2) is 0 Å². The van der Waals surface area contributed by atoms with Crippen molar-refractivity contribution in [2.45, 2.75) is 12.8 Å². The van der Waals surface area contributed by atoms with Gasteiger partial charge in [0.1, 0.15) is 0 Å². The van der Waals surface area contributed by atoms with Crippen LogP contribution in [0.25, 0.3) is 0 Å². The Kier molecular flexibility index (Phi) is 4.48. The number of pyridine rings is 1. The lowest BCUT2D eigenvalue weighted by Gasteiger charge is -2.09. The predicted molar refractivity (Wildman–Crippen MR) is 66.2 cm³/mol. The topological polar surface area (TPSA) is 24.9 Å². The third-order valence-corrected chi connectivity index (χ3v) is 4.00. The number of aromatic nitrogens is 1. The van der Waals surface area contributed by atoms with E-state index in [2.05, 4.69) is 28.1 Å². The van der Waals surface area contributed by atoms with Crippen LogP contribution >= 0.6 is 11.8 Å². The molecule has 0 aliphatic carbocycles. The van der Waals surface area contributed by atoms with E-state index in [9.17, 15) is 0 Å². The van der Waals surface area contributed by atoms with Gasteiger partial charge in [-0.15, -0.1) is 0 Å². The van der Waals surface area contributed by atoms with Crippen LogP contribution in [0.15, 0.2) is 24.5 Å². The molecule has 2 nitrogen and oxygen atoms in total. The monoisotopic (exact) mass is 222 g/mol. The standard InChI is InChI=1S/C12H18N2S/c1-2-11(8-13-5-1)3-6-14-9-12-4-7-15-10-12/h1-2,5,8,12,14H,3-4,6-7,9-10H2. The molecule has 0 radical (unpaired) electrons. The van der Waals surface area contributed by atoms with Gasteiger partial charge in [0.2, 0.25) is 0 Å². The molecule has 1 aromatic rings. The zero-order chi connectivity index (χ0) is 10.3. The molecule has 0 spiro atoms. The van der Waals surface area contributed by atoms with Gasteiger partial charge < -0.3 is 5.32 Å². The molecular weight excluding hydrogens is 204 g/mol. The summed E-state index contributed by atoms with van der Waals surface area (Å²) in [5.74, 6) is 3.61. The number of rotatable bonds is 5. The van der Waals surface area contributed by atoms with Gasteiger partial charge in [-0.3, -0.25) is 4.98 Å². The van der Waals surface area contributed by atoms with Crippen LogP contribution in [-0.4, -0.2) is 29.6 Å². The summed E-state index contributed by atoms with van der Waals surface area (Å²) in [7, 11) is 0. The van der Waals surface area contributed by atoms with Gasteiger partial charge in [-0.2, -0.15) is 11.8 Å². The lowest BCUT2D eigenvalue weighted by molar-refractivity contribution is 0.525. The minimum absolute atomic E-state index is 0.906. The normalized spacial score (nSPS) is 20.7. The molecule has 2 rings (SSSR count). The summed E-state index contributed by atoms with van der Waals surface area (Å²) >= 11 is 2.09. The highest BCUT2D eigenvalue weighted by Crippen LogP contribution is 2.22. The molecule has 1 aliphatic heterocycles. The summed E-state index contributed by atoms with van der Waals surface area (Å²) in [5, 5.41) is 3.53. The van der Waals surface area contributed by atoms with E-state index >= 15 is 0 Å². The van der Waals surface area contributed by atoms with E-state index in [1.54, 1.807) is 0 Å². The Bertz CT molecular complexity index is 270. The molecule has 1 aliphatic rings. The maximum atomic E-state index is 4.11. The second-order valence-corrected chi connectivity index (χ2v) is 5.19. The van der Waals surface area contributed by atoms with E-state index in [1.807, 2.05) is 18.5 Å². The minimum Gasteiger partial charge on any atom is -0.316 e. The molecule has 1 unspecified atom stereocenters. The SMILES string of the molecule is c1cncc(CCNCC2CCSC2)c1. The van der Waals surface area contributed by atoms with Crippen molar-refractivity contribution in [2.75, 3.05) is 24.6 Å². The first-order valence-electron chi connectivity index (χ1n) is 5.62. The molecule has 1 fully saturated rings. The van der Waals surface area contributed by atoms with Crippen molar-refractivity contribution in [2.24, 2.45) is 5.92 Å². The molecule has 1 aromatic heterocycles. The maximum Gasteiger partial charge on any atom is 0.0300 e. The summed E-state index contributed by atoms with van der Waals surface area (Å²) in [4.78, 5) is 4.11. The third-order valence-electron chi connectivity index (χ3n) is 2.77. The van der Waals surface area contributed by atoms with Gasteiger partial charge >= 0.3 is 0 Å². The lowest BCUT2D eigenvalue weighted by atomic mass is 10.1. The second kappa shape index (κ2) is 6.13. The highest BCUT2D eigenvalue weighted by Gasteiger charge is 2.14. The Morgan fingerprint density at radius 2 is 2.53 bits per heavy atom. The molecule has 1 saturated heterocycles. The van der Waals surface area contributed by atoms with E-state index in [0.29, 0.717) is 0 Å². The zero-order valence-corrected chi connectivity index (χ0v) is 9.80. The molecule has 0 aromatic carbocycles. The van der Waals surface area contributed by atoms with Gasteiger partial charge in [0, 0.05) is 12.4 Å². The van der Waals surface area contributed by atoms with E-state index in [-0.39, 0.29) is 0 Å². The zero-order valence-electron chi connectivity index (χ0n) is 8.98. The molecule has 0 bridgehead atoms. The maximum absolute atomic E-state index is 4.11. The molecule has 2 heterocycles. The van der Waals surface area contributed by atoms with Crippen molar-refractivity contribution >= 4 is 11.8 Å². The van der Waals surface area contributed by atoms with Crippen LogP contribution in [0.1, 0.15) is 12.0 Å². The summed E-state index contributed by atoms with van der Waals surface area (Å²) in [6.07, 6.45) is 6.26. The number of nitrogens with zero attached hydrogens (tertiary/aromatic N) is 1. The quantitative estimate of drug-likeness (QED) is 0.771. The van der Waals surface area contributed by atoms with Crippen LogP contribution in [0.5, 0.6) is 0 Å². The Hall–Kier alpha value is -0.540. The Morgan fingerprint density at radius 1 is 1.53 bits per heavy atom. The predicted octanol–water partition coefficient (Wildman–Crippen LogP) is 1.97. The second-order valence-electron chi connectivity index (χ2n) is 4.05. The first-order chi connectivity index (χ1) is 7.45. The van der Waals surface area contributed by atoms with Gasteiger partial charge in [0.25, 0.3) is 0 Å². The average molecular weight is 222 g/mol. The number of nitrogens with one attached hydrogen (secondary N) is 1. The van der Waals surface area contributed by atoms with Gasteiger partial charge in [0.05, 0.1) is 0 Å². The van der Waals surface area contributed by atoms with E-state index in [0.717, 1.165) is 18.9 Å². The smallest absolute Gasteiger partial charge is 0.0300 e. The molecule has 3 heteroatoms. The molecule has 0 saturated carbocycles. The van der Waals surface area contributed by atoms with Crippen molar-refractivity contribution in [1.29, 1.82) is 0 Å². The van der Waals surface area contributed by atoms with E-state index < -0.39 is 0 Å². The summed E-state index contributed by atoms with van der Waals surface area (Å²) in [6.45, 7) is 2.26.